The van der Waals surface area contributed by atoms with Crippen LogP contribution in [0.3, 0.4) is 0 Å². The third-order valence-corrected chi connectivity index (χ3v) is 6.45. The number of carbonyl (C=O) groups is 1. The van der Waals surface area contributed by atoms with Gasteiger partial charge in [-0.25, -0.2) is 14.8 Å². The Bertz CT molecular complexity index is 936. The topological polar surface area (TPSA) is 61.4 Å². The fourth-order valence-corrected chi connectivity index (χ4v) is 4.76. The highest BCUT2D eigenvalue weighted by molar-refractivity contribution is 5.91. The summed E-state index contributed by atoms with van der Waals surface area (Å²) in [5.74, 6) is 2.54. The maximum Gasteiger partial charge on any atom is 0.322 e. The number of nitrogens with zero attached hydrogens (tertiary/aromatic N) is 4. The largest absolute Gasteiger partial charge is 0.356 e. The molecule has 166 valence electrons. The first kappa shape index (κ1) is 21.6. The van der Waals surface area contributed by atoms with Crippen molar-refractivity contribution in [3.8, 4) is 0 Å². The molecular formula is C25H35N5O. The van der Waals surface area contributed by atoms with Crippen LogP contribution in [0.4, 0.5) is 16.3 Å². The number of hydrogen-bond donors (Lipinski definition) is 1. The zero-order valence-electron chi connectivity index (χ0n) is 19.5. The second-order valence-electron chi connectivity index (χ2n) is 9.44. The lowest BCUT2D eigenvalue weighted by Gasteiger charge is -2.32. The summed E-state index contributed by atoms with van der Waals surface area (Å²) in [6.45, 7) is 14.0. The lowest BCUT2D eigenvalue weighted by atomic mass is 9.92. The normalized spacial score (nSPS) is 16.2. The van der Waals surface area contributed by atoms with Gasteiger partial charge in [0.15, 0.2) is 0 Å². The molecule has 2 amide bonds. The van der Waals surface area contributed by atoms with Gasteiger partial charge in [0.2, 0.25) is 0 Å². The van der Waals surface area contributed by atoms with E-state index in [4.69, 9.17) is 9.97 Å². The zero-order chi connectivity index (χ0) is 22.1. The molecule has 0 atom stereocenters. The second kappa shape index (κ2) is 8.85. The monoisotopic (exact) mass is 421 g/mol. The Hall–Kier alpha value is -2.63. The van der Waals surface area contributed by atoms with Gasteiger partial charge in [-0.1, -0.05) is 45.9 Å². The first-order valence-electron chi connectivity index (χ1n) is 11.6. The smallest absolute Gasteiger partial charge is 0.322 e. The van der Waals surface area contributed by atoms with Crippen LogP contribution in [-0.2, 0) is 13.0 Å². The average Bonchev–Trinajstić information content (AvgIpc) is 3.27. The Kier molecular flexibility index (Phi) is 6.17. The molecule has 2 aliphatic heterocycles. The van der Waals surface area contributed by atoms with E-state index in [0.717, 1.165) is 48.1 Å². The van der Waals surface area contributed by atoms with Gasteiger partial charge in [0.05, 0.1) is 12.2 Å². The van der Waals surface area contributed by atoms with Crippen LogP contribution in [0.2, 0.25) is 0 Å². The molecule has 3 heterocycles. The van der Waals surface area contributed by atoms with Crippen molar-refractivity contribution in [1.82, 2.24) is 14.9 Å². The predicted octanol–water partition coefficient (Wildman–Crippen LogP) is 5.22. The van der Waals surface area contributed by atoms with Gasteiger partial charge in [0, 0.05) is 37.3 Å². The molecule has 2 aliphatic rings. The van der Waals surface area contributed by atoms with Crippen molar-refractivity contribution in [2.24, 2.45) is 0 Å². The summed E-state index contributed by atoms with van der Waals surface area (Å²) in [5, 5.41) is 3.28. The maximum absolute atomic E-state index is 13.4. The standard InChI is InChI=1S/C25H35N5O/c1-16(2)19-9-8-10-20(17(3)4)23(19)28-25(31)30-14-11-22-21(15-30)24(27-18(5)26-22)29-12-6-7-13-29/h8-10,16-17H,6-7,11-15H2,1-5H3,(H,28,31). The number of urea groups is 1. The lowest BCUT2D eigenvalue weighted by molar-refractivity contribution is 0.206. The minimum Gasteiger partial charge on any atom is -0.356 e. The quantitative estimate of drug-likeness (QED) is 0.735. The van der Waals surface area contributed by atoms with Crippen LogP contribution in [0.1, 0.15) is 80.6 Å². The summed E-state index contributed by atoms with van der Waals surface area (Å²) in [6, 6.07) is 6.31. The molecule has 1 aromatic heterocycles. The molecule has 1 saturated heterocycles. The third-order valence-electron chi connectivity index (χ3n) is 6.45. The summed E-state index contributed by atoms with van der Waals surface area (Å²) < 4.78 is 0. The molecule has 2 aromatic rings. The van der Waals surface area contributed by atoms with Crippen molar-refractivity contribution in [2.45, 2.75) is 72.3 Å². The number of amides is 2. The first-order chi connectivity index (χ1) is 14.8. The molecule has 0 bridgehead atoms. The summed E-state index contributed by atoms with van der Waals surface area (Å²) in [4.78, 5) is 27.1. The Morgan fingerprint density at radius 3 is 2.26 bits per heavy atom. The van der Waals surface area contributed by atoms with Crippen molar-refractivity contribution in [2.75, 3.05) is 29.9 Å². The minimum atomic E-state index is -0.0337. The number of carbonyl (C=O) groups excluding carboxylic acids is 1. The molecule has 0 spiro atoms. The number of aromatic nitrogens is 2. The average molecular weight is 422 g/mol. The molecule has 0 radical (unpaired) electrons. The van der Waals surface area contributed by atoms with Crippen molar-refractivity contribution in [3.05, 3.63) is 46.4 Å². The number of fused-ring (bicyclic) bond motifs is 1. The van der Waals surface area contributed by atoms with E-state index >= 15 is 0 Å². The number of hydrogen-bond acceptors (Lipinski definition) is 4. The number of para-hydroxylation sites is 1. The van der Waals surface area contributed by atoms with Crippen molar-refractivity contribution >= 4 is 17.5 Å². The SMILES string of the molecule is Cc1nc2c(c(N3CCCC3)n1)CN(C(=O)Nc1c(C(C)C)cccc1C(C)C)CC2. The van der Waals surface area contributed by atoms with Crippen LogP contribution in [-0.4, -0.2) is 40.5 Å². The van der Waals surface area contributed by atoms with Crippen molar-refractivity contribution < 1.29 is 4.79 Å². The Balaban J connectivity index is 1.61. The Labute approximate surface area is 186 Å². The van der Waals surface area contributed by atoms with E-state index in [0.29, 0.717) is 24.9 Å². The van der Waals surface area contributed by atoms with Crippen LogP contribution in [0.25, 0.3) is 0 Å². The molecule has 1 aromatic carbocycles. The highest BCUT2D eigenvalue weighted by Gasteiger charge is 2.29. The fourth-order valence-electron chi connectivity index (χ4n) is 4.76. The molecule has 0 aliphatic carbocycles. The summed E-state index contributed by atoms with van der Waals surface area (Å²) in [6.07, 6.45) is 3.17. The molecular weight excluding hydrogens is 386 g/mol. The number of rotatable bonds is 4. The van der Waals surface area contributed by atoms with Crippen LogP contribution < -0.4 is 10.2 Å². The molecule has 4 rings (SSSR count). The van der Waals surface area contributed by atoms with E-state index in [2.05, 4.69) is 56.1 Å². The van der Waals surface area contributed by atoms with Gasteiger partial charge in [-0.05, 0) is 42.7 Å². The molecule has 31 heavy (non-hydrogen) atoms. The van der Waals surface area contributed by atoms with Gasteiger partial charge >= 0.3 is 6.03 Å². The molecule has 6 heteroatoms. The van der Waals surface area contributed by atoms with E-state index in [1.165, 1.54) is 24.0 Å². The van der Waals surface area contributed by atoms with E-state index in [-0.39, 0.29) is 6.03 Å². The van der Waals surface area contributed by atoms with Gasteiger partial charge in [0.25, 0.3) is 0 Å². The number of aryl methyl sites for hydroxylation is 1. The fraction of sp³-hybridized carbons (Fsp3) is 0.560. The van der Waals surface area contributed by atoms with E-state index < -0.39 is 0 Å². The van der Waals surface area contributed by atoms with Gasteiger partial charge in [-0.2, -0.15) is 0 Å². The third kappa shape index (κ3) is 4.39. The van der Waals surface area contributed by atoms with E-state index in [1.54, 1.807) is 0 Å². The van der Waals surface area contributed by atoms with Gasteiger partial charge in [-0.3, -0.25) is 0 Å². The van der Waals surface area contributed by atoms with Gasteiger partial charge in [-0.15, -0.1) is 0 Å². The summed E-state index contributed by atoms with van der Waals surface area (Å²) in [5.41, 5.74) is 5.57. The minimum absolute atomic E-state index is 0.0337. The molecule has 1 fully saturated rings. The molecule has 0 unspecified atom stereocenters. The Morgan fingerprint density at radius 1 is 1.00 bits per heavy atom. The van der Waals surface area contributed by atoms with Crippen LogP contribution >= 0.6 is 0 Å². The highest BCUT2D eigenvalue weighted by atomic mass is 16.2. The maximum atomic E-state index is 13.4. The second-order valence-corrected chi connectivity index (χ2v) is 9.44. The van der Waals surface area contributed by atoms with Crippen LogP contribution in [0.5, 0.6) is 0 Å². The van der Waals surface area contributed by atoms with Crippen molar-refractivity contribution in [1.29, 1.82) is 0 Å². The number of nitrogens with one attached hydrogen (secondary N) is 1. The number of anilines is 2. The summed E-state index contributed by atoms with van der Waals surface area (Å²) in [7, 11) is 0. The van der Waals surface area contributed by atoms with Crippen LogP contribution in [0.15, 0.2) is 18.2 Å². The highest BCUT2D eigenvalue weighted by Crippen LogP contribution is 2.34. The molecule has 6 nitrogen and oxygen atoms in total. The van der Waals surface area contributed by atoms with E-state index in [9.17, 15) is 4.79 Å². The predicted molar refractivity (Wildman–Crippen MR) is 126 cm³/mol. The molecule has 0 saturated carbocycles. The van der Waals surface area contributed by atoms with Crippen LogP contribution in [0, 0.1) is 6.92 Å². The lowest BCUT2D eigenvalue weighted by Crippen LogP contribution is -2.40. The zero-order valence-corrected chi connectivity index (χ0v) is 19.5. The first-order valence-corrected chi connectivity index (χ1v) is 11.6. The van der Waals surface area contributed by atoms with Gasteiger partial charge in [0.1, 0.15) is 11.6 Å². The van der Waals surface area contributed by atoms with Gasteiger partial charge < -0.3 is 15.1 Å². The van der Waals surface area contributed by atoms with E-state index in [1.807, 2.05) is 11.8 Å². The molecule has 1 N–H and O–H groups in total. The Morgan fingerprint density at radius 2 is 1.65 bits per heavy atom. The number of benzene rings is 1. The van der Waals surface area contributed by atoms with Crippen molar-refractivity contribution in [3.63, 3.8) is 0 Å². The summed E-state index contributed by atoms with van der Waals surface area (Å²) >= 11 is 0.